The van der Waals surface area contributed by atoms with E-state index in [0.717, 1.165) is 15.6 Å². The maximum atomic E-state index is 12.9. The molecule has 0 saturated carbocycles. The molecule has 0 unspecified atom stereocenters. The Balaban J connectivity index is 2.40. The van der Waals surface area contributed by atoms with Crippen molar-refractivity contribution < 1.29 is 0 Å². The van der Waals surface area contributed by atoms with Gasteiger partial charge < -0.3 is 5.73 Å². The molecule has 0 amide bonds. The molecule has 2 N–H and O–H groups in total. The first-order valence-electron chi connectivity index (χ1n) is 6.36. The van der Waals surface area contributed by atoms with E-state index >= 15 is 0 Å². The van der Waals surface area contributed by atoms with Crippen LogP contribution in [-0.4, -0.2) is 4.98 Å². The van der Waals surface area contributed by atoms with Crippen molar-refractivity contribution in [3.05, 3.63) is 57.7 Å². The van der Waals surface area contributed by atoms with Crippen LogP contribution in [0, 0.1) is 0 Å². The Kier molecular flexibility index (Phi) is 2.64. The highest BCUT2D eigenvalue weighted by atomic mass is 35.5. The SMILES string of the molecule is Nc1nc2ccccc2c2c(=O)c3cccc(Cl)c3sc12. The molecule has 0 aliphatic rings. The van der Waals surface area contributed by atoms with Gasteiger partial charge in [0.15, 0.2) is 5.43 Å². The molecule has 2 aromatic carbocycles. The van der Waals surface area contributed by atoms with Gasteiger partial charge in [0.2, 0.25) is 0 Å². The lowest BCUT2D eigenvalue weighted by Gasteiger charge is -2.07. The summed E-state index contributed by atoms with van der Waals surface area (Å²) in [7, 11) is 0. The smallest absolute Gasteiger partial charge is 0.196 e. The summed E-state index contributed by atoms with van der Waals surface area (Å²) in [5, 5.41) is 2.63. The zero-order valence-electron chi connectivity index (χ0n) is 10.8. The van der Waals surface area contributed by atoms with Crippen LogP contribution in [0.2, 0.25) is 5.02 Å². The molecule has 0 fully saturated rings. The lowest BCUT2D eigenvalue weighted by molar-refractivity contribution is 1.45. The summed E-state index contributed by atoms with van der Waals surface area (Å²) in [6.07, 6.45) is 0. The van der Waals surface area contributed by atoms with Crippen LogP contribution in [0.4, 0.5) is 5.82 Å². The Labute approximate surface area is 128 Å². The number of fused-ring (bicyclic) bond motifs is 4. The topological polar surface area (TPSA) is 56.0 Å². The maximum absolute atomic E-state index is 12.9. The molecule has 0 radical (unpaired) electrons. The summed E-state index contributed by atoms with van der Waals surface area (Å²) in [6, 6.07) is 12.9. The van der Waals surface area contributed by atoms with Gasteiger partial charge in [-0.25, -0.2) is 4.98 Å². The van der Waals surface area contributed by atoms with Crippen LogP contribution in [0.1, 0.15) is 0 Å². The van der Waals surface area contributed by atoms with Gasteiger partial charge in [0.25, 0.3) is 0 Å². The van der Waals surface area contributed by atoms with Gasteiger partial charge in [-0.15, -0.1) is 11.3 Å². The monoisotopic (exact) mass is 312 g/mol. The van der Waals surface area contributed by atoms with E-state index in [1.165, 1.54) is 11.3 Å². The van der Waals surface area contributed by atoms with Crippen LogP contribution in [0.15, 0.2) is 47.3 Å². The van der Waals surface area contributed by atoms with E-state index in [1.54, 1.807) is 18.2 Å². The number of benzene rings is 2. The molecule has 0 bridgehead atoms. The number of aromatic nitrogens is 1. The fourth-order valence-corrected chi connectivity index (χ4v) is 3.96. The van der Waals surface area contributed by atoms with E-state index in [0.29, 0.717) is 26.3 Å². The van der Waals surface area contributed by atoms with Crippen molar-refractivity contribution in [2.24, 2.45) is 0 Å². The van der Waals surface area contributed by atoms with Crippen LogP contribution in [0.5, 0.6) is 0 Å². The van der Waals surface area contributed by atoms with E-state index in [2.05, 4.69) is 4.98 Å². The number of para-hydroxylation sites is 1. The van der Waals surface area contributed by atoms with Crippen molar-refractivity contribution in [1.82, 2.24) is 4.98 Å². The first-order valence-corrected chi connectivity index (χ1v) is 7.55. The Bertz CT molecular complexity index is 1090. The molecule has 2 aromatic heterocycles. The summed E-state index contributed by atoms with van der Waals surface area (Å²) in [5.74, 6) is 0.368. The van der Waals surface area contributed by atoms with Crippen molar-refractivity contribution >= 4 is 59.8 Å². The molecule has 102 valence electrons. The second-order valence-electron chi connectivity index (χ2n) is 4.77. The zero-order valence-corrected chi connectivity index (χ0v) is 12.3. The van der Waals surface area contributed by atoms with Crippen molar-refractivity contribution in [3.63, 3.8) is 0 Å². The van der Waals surface area contributed by atoms with Crippen LogP contribution < -0.4 is 11.2 Å². The summed E-state index contributed by atoms with van der Waals surface area (Å²) in [6.45, 7) is 0. The third-order valence-corrected chi connectivity index (χ3v) is 5.21. The molecule has 2 heterocycles. The molecule has 5 heteroatoms. The predicted molar refractivity (Wildman–Crippen MR) is 90.3 cm³/mol. The standard InChI is InChI=1S/C16H9ClN2OS/c17-10-6-3-5-9-13(20)12-8-4-1-2-7-11(8)19-16(18)15(12)21-14(9)10/h1-7H,(H2,18,19). The minimum atomic E-state index is -0.0495. The highest BCUT2D eigenvalue weighted by Crippen LogP contribution is 2.35. The van der Waals surface area contributed by atoms with Crippen molar-refractivity contribution in [2.75, 3.05) is 5.73 Å². The lowest BCUT2D eigenvalue weighted by Crippen LogP contribution is -2.04. The number of nitrogens with zero attached hydrogens (tertiary/aromatic N) is 1. The molecule has 0 atom stereocenters. The minimum absolute atomic E-state index is 0.0495. The molecular weight excluding hydrogens is 304 g/mol. The number of anilines is 1. The molecule has 21 heavy (non-hydrogen) atoms. The molecule has 3 nitrogen and oxygen atoms in total. The highest BCUT2D eigenvalue weighted by Gasteiger charge is 2.14. The van der Waals surface area contributed by atoms with E-state index in [4.69, 9.17) is 17.3 Å². The molecule has 0 aliphatic heterocycles. The normalized spacial score (nSPS) is 11.5. The number of halogens is 1. The second kappa shape index (κ2) is 4.41. The molecule has 0 spiro atoms. The Morgan fingerprint density at radius 3 is 2.62 bits per heavy atom. The van der Waals surface area contributed by atoms with Crippen molar-refractivity contribution in [3.8, 4) is 0 Å². The number of nitrogens with two attached hydrogens (primary N) is 1. The largest absolute Gasteiger partial charge is 0.382 e. The van der Waals surface area contributed by atoms with Crippen molar-refractivity contribution in [2.45, 2.75) is 0 Å². The minimum Gasteiger partial charge on any atom is -0.382 e. The molecule has 0 saturated heterocycles. The molecule has 0 aliphatic carbocycles. The quantitative estimate of drug-likeness (QED) is 0.391. The fourth-order valence-electron chi connectivity index (χ4n) is 2.57. The predicted octanol–water partition coefficient (Wildman–Crippen LogP) is 4.20. The van der Waals surface area contributed by atoms with E-state index in [1.807, 2.05) is 24.3 Å². The van der Waals surface area contributed by atoms with Crippen LogP contribution in [0.25, 0.3) is 31.1 Å². The van der Waals surface area contributed by atoms with Gasteiger partial charge in [-0.05, 0) is 18.2 Å². The number of hydrogen-bond donors (Lipinski definition) is 1. The second-order valence-corrected chi connectivity index (χ2v) is 6.19. The average Bonchev–Trinajstić information content (AvgIpc) is 2.49. The van der Waals surface area contributed by atoms with Gasteiger partial charge in [0.05, 0.1) is 25.3 Å². The zero-order chi connectivity index (χ0) is 14.6. The van der Waals surface area contributed by atoms with Gasteiger partial charge >= 0.3 is 0 Å². The van der Waals surface area contributed by atoms with Gasteiger partial charge in [-0.3, -0.25) is 4.79 Å². The summed E-state index contributed by atoms with van der Waals surface area (Å²) in [4.78, 5) is 17.3. The number of rotatable bonds is 0. The maximum Gasteiger partial charge on any atom is 0.196 e. The Morgan fingerprint density at radius 1 is 1.00 bits per heavy atom. The van der Waals surface area contributed by atoms with Gasteiger partial charge in [0, 0.05) is 10.8 Å². The summed E-state index contributed by atoms with van der Waals surface area (Å²) in [5.41, 5.74) is 6.73. The number of nitrogen functional groups attached to an aromatic ring is 1. The molecule has 4 aromatic rings. The van der Waals surface area contributed by atoms with Crippen molar-refractivity contribution in [1.29, 1.82) is 0 Å². The van der Waals surface area contributed by atoms with Crippen LogP contribution in [0.3, 0.4) is 0 Å². The van der Waals surface area contributed by atoms with Gasteiger partial charge in [0.1, 0.15) is 5.82 Å². The average molecular weight is 313 g/mol. The molecular formula is C16H9ClN2OS. The highest BCUT2D eigenvalue weighted by molar-refractivity contribution is 7.25. The van der Waals surface area contributed by atoms with E-state index in [9.17, 15) is 4.79 Å². The van der Waals surface area contributed by atoms with Gasteiger partial charge in [-0.1, -0.05) is 35.9 Å². The first kappa shape index (κ1) is 12.6. The lowest BCUT2D eigenvalue weighted by atomic mass is 10.1. The fraction of sp³-hybridized carbons (Fsp3) is 0. The van der Waals surface area contributed by atoms with E-state index < -0.39 is 0 Å². The number of hydrogen-bond acceptors (Lipinski definition) is 4. The Hall–Kier alpha value is -2.17. The summed E-state index contributed by atoms with van der Waals surface area (Å²) < 4.78 is 1.44. The van der Waals surface area contributed by atoms with Crippen LogP contribution in [-0.2, 0) is 0 Å². The van der Waals surface area contributed by atoms with Crippen LogP contribution >= 0.6 is 22.9 Å². The number of pyridine rings is 1. The third kappa shape index (κ3) is 1.73. The van der Waals surface area contributed by atoms with Gasteiger partial charge in [-0.2, -0.15) is 0 Å². The Morgan fingerprint density at radius 2 is 1.76 bits per heavy atom. The van der Waals surface area contributed by atoms with E-state index in [-0.39, 0.29) is 5.43 Å². The molecule has 4 rings (SSSR count). The summed E-state index contributed by atoms with van der Waals surface area (Å²) >= 11 is 7.62. The third-order valence-electron chi connectivity index (χ3n) is 3.52. The first-order chi connectivity index (χ1) is 10.2.